The standard InChI is InChI=1S/C32H32ClN3O6S.C28H27ClN2O6S.C27H25ClN2O6S/c1-19-17-22(18-20(2)28(19)33)41-15-8-11-25-24-10-4-6-12-26(24)35-29(25)31(37)36-43(39,40)16-14-34-32(38)30-21(3)23-9-5-7-13-27(23)42-30;1-17-14-20(15-18(2)25(17)29)37-13-7-11-23-22-10-4-5-12-24(22)30-26(23)27(32)31-38(34,35)21-9-6-8-19(16-21)28(33)36-3;1-16-13-19(14-17(2)24(16)28)36-12-6-10-22-21-9-3-4-11-23(21)29-25(22)26(31)30-37(34,35)20-8-5-7-18(15-20)27(32)33/h4-7,9-10,12-13,17-18,35H,8,11,14-16H2,1-3H3,(H,34,38)(H,36,37);4-6,8-10,12,14-16,30H,7,11,13H2,1-3H3,(H,31,32);3-5,7-9,11,13-15,29H,6,10,12H2,1-2H3,(H,30,31)(H,32,33). The summed E-state index contributed by atoms with van der Waals surface area (Å²) in [6.45, 7) is 14.2. The third kappa shape index (κ3) is 21.1. The van der Waals surface area contributed by atoms with Gasteiger partial charge in [0.15, 0.2) is 5.76 Å². The largest absolute Gasteiger partial charge is 0.494 e. The third-order valence-electron chi connectivity index (χ3n) is 19.2. The van der Waals surface area contributed by atoms with Crippen molar-refractivity contribution in [2.45, 2.75) is 96.8 Å². The van der Waals surface area contributed by atoms with Crippen LogP contribution in [-0.2, 0) is 54.1 Å². The van der Waals surface area contributed by atoms with Gasteiger partial charge in [-0.25, -0.2) is 49.0 Å². The number of nitrogens with one attached hydrogen (secondary N) is 7. The van der Waals surface area contributed by atoms with Crippen LogP contribution in [0.1, 0.15) is 138 Å². The highest BCUT2D eigenvalue weighted by Crippen LogP contribution is 2.33. The summed E-state index contributed by atoms with van der Waals surface area (Å²) in [6.07, 6.45) is 3.13. The number of aromatic nitrogens is 3. The molecule has 9 aromatic carbocycles. The molecule has 8 N–H and O–H groups in total. The fraction of sp³-hybridized carbons (Fsp3) is 0.218. The summed E-state index contributed by atoms with van der Waals surface area (Å²) in [4.78, 5) is 83.8. The number of rotatable bonds is 29. The molecule has 0 saturated heterocycles. The van der Waals surface area contributed by atoms with Crippen LogP contribution in [0.5, 0.6) is 17.2 Å². The second-order valence-electron chi connectivity index (χ2n) is 27.8. The minimum absolute atomic E-state index is 0.0557. The predicted molar refractivity (Wildman–Crippen MR) is 454 cm³/mol. The Bertz CT molecular complexity index is 6320. The number of methoxy groups -OCH3 is 1. The Morgan fingerprint density at radius 2 is 0.771 bits per heavy atom. The number of hydrogen-bond donors (Lipinski definition) is 8. The van der Waals surface area contributed by atoms with Gasteiger partial charge < -0.3 is 48.7 Å². The number of carboxylic acid groups (broad SMARTS) is 1. The van der Waals surface area contributed by atoms with E-state index in [9.17, 15) is 54.0 Å². The van der Waals surface area contributed by atoms with Gasteiger partial charge in [0.2, 0.25) is 10.0 Å². The highest BCUT2D eigenvalue weighted by molar-refractivity contribution is 7.90. The number of aromatic carboxylic acids is 1. The molecule has 0 aliphatic carbocycles. The lowest BCUT2D eigenvalue weighted by molar-refractivity contribution is 0.0598. The van der Waals surface area contributed by atoms with Crippen LogP contribution in [0, 0.1) is 48.5 Å². The van der Waals surface area contributed by atoms with Gasteiger partial charge in [-0.2, -0.15) is 0 Å². The predicted octanol–water partition coefficient (Wildman–Crippen LogP) is 16.6. The van der Waals surface area contributed by atoms with Crippen molar-refractivity contribution >= 4 is 144 Å². The fourth-order valence-corrected chi connectivity index (χ4v) is 16.6. The molecule has 0 aliphatic rings. The number of benzene rings is 9. The maximum Gasteiger partial charge on any atom is 0.337 e. The van der Waals surface area contributed by atoms with E-state index in [1.54, 1.807) is 25.1 Å². The van der Waals surface area contributed by atoms with Crippen LogP contribution >= 0.6 is 34.8 Å². The summed E-state index contributed by atoms with van der Waals surface area (Å²) in [6, 6.07) is 50.7. The molecule has 0 spiro atoms. The van der Waals surface area contributed by atoms with Crippen molar-refractivity contribution in [3.05, 3.63) is 287 Å². The van der Waals surface area contributed by atoms with Crippen LogP contribution in [0.4, 0.5) is 0 Å². The van der Waals surface area contributed by atoms with E-state index in [1.807, 2.05) is 157 Å². The Balaban J connectivity index is 0.000000174. The molecular weight excluding hydrogens is 1630 g/mol. The minimum atomic E-state index is -4.31. The van der Waals surface area contributed by atoms with Crippen LogP contribution in [-0.4, -0.2) is 120 Å². The van der Waals surface area contributed by atoms with Crippen molar-refractivity contribution in [1.82, 2.24) is 34.4 Å². The molecular formula is C87H84Cl3N7O18S3. The SMILES string of the molecule is COC(=O)c1cccc(S(=O)(=O)NC(=O)c2[nH]c3ccccc3c2CCCOc2cc(C)c(Cl)c(C)c2)c1.Cc1cc(OCCCc2c(C(=O)NS(=O)(=O)CCNC(=O)c3oc4ccccc4c3C)[nH]c3ccccc23)cc(C)c1Cl.Cc1cc(OCCCc2c(C(=O)NS(=O)(=O)c3cccc(C(=O)O)c3)[nH]c3ccccc23)cc(C)c1Cl. The average Bonchev–Trinajstić information content (AvgIpc) is 1.62. The second-order valence-corrected chi connectivity index (χ2v) is 34.2. The summed E-state index contributed by atoms with van der Waals surface area (Å²) in [5.41, 5.74) is 11.2. The van der Waals surface area contributed by atoms with Crippen LogP contribution in [0.25, 0.3) is 43.7 Å². The van der Waals surface area contributed by atoms with E-state index < -0.39 is 71.4 Å². The number of carbonyl (C=O) groups is 6. The molecule has 0 saturated carbocycles. The highest BCUT2D eigenvalue weighted by Gasteiger charge is 2.29. The van der Waals surface area contributed by atoms with Crippen molar-refractivity contribution in [3.8, 4) is 17.2 Å². The number of halogens is 3. The number of aryl methyl sites for hydroxylation is 10. The van der Waals surface area contributed by atoms with E-state index in [2.05, 4.69) is 39.2 Å². The highest BCUT2D eigenvalue weighted by atomic mass is 35.5. The van der Waals surface area contributed by atoms with Crippen molar-refractivity contribution in [1.29, 1.82) is 0 Å². The molecule has 4 amide bonds. The van der Waals surface area contributed by atoms with E-state index in [4.69, 9.17) is 58.5 Å². The van der Waals surface area contributed by atoms with Crippen LogP contribution < -0.4 is 33.7 Å². The molecule has 0 radical (unpaired) electrons. The molecule has 0 aliphatic heterocycles. The molecule has 614 valence electrons. The number of sulfonamides is 3. The first-order chi connectivity index (χ1) is 56.2. The fourth-order valence-electron chi connectivity index (χ4n) is 13.4. The number of para-hydroxylation sites is 4. The molecule has 0 unspecified atom stereocenters. The number of hydrogen-bond acceptors (Lipinski definition) is 17. The Morgan fingerprint density at radius 3 is 1.14 bits per heavy atom. The Morgan fingerprint density at radius 1 is 0.424 bits per heavy atom. The summed E-state index contributed by atoms with van der Waals surface area (Å²) < 4.78 is 112. The quantitative estimate of drug-likeness (QED) is 0.0159. The summed E-state index contributed by atoms with van der Waals surface area (Å²) in [7, 11) is -11.4. The lowest BCUT2D eigenvalue weighted by Crippen LogP contribution is -2.37. The van der Waals surface area contributed by atoms with Gasteiger partial charge in [0, 0.05) is 65.3 Å². The number of furan rings is 1. The number of carboxylic acids is 1. The first-order valence-corrected chi connectivity index (χ1v) is 42.9. The number of ether oxygens (including phenoxy) is 4. The Hall–Kier alpha value is -11.9. The Kier molecular flexibility index (Phi) is 28.0. The zero-order valence-electron chi connectivity index (χ0n) is 65.3. The molecule has 0 fully saturated rings. The van der Waals surface area contributed by atoms with Gasteiger partial charge in [0.05, 0.1) is 53.6 Å². The third-order valence-corrected chi connectivity index (χ3v) is 24.9. The maximum atomic E-state index is 13.2. The number of aromatic amines is 3. The average molecular weight is 1720 g/mol. The molecule has 31 heteroatoms. The smallest absolute Gasteiger partial charge is 0.337 e. The molecule has 4 aromatic heterocycles. The van der Waals surface area contributed by atoms with E-state index in [0.717, 1.165) is 72.6 Å². The topological polar surface area (TPSA) is 371 Å². The normalized spacial score (nSPS) is 11.5. The van der Waals surface area contributed by atoms with Gasteiger partial charge in [-0.1, -0.05) is 120 Å². The zero-order chi connectivity index (χ0) is 84.9. The molecule has 13 aromatic rings. The summed E-state index contributed by atoms with van der Waals surface area (Å²) in [5, 5.41) is 17.1. The van der Waals surface area contributed by atoms with Crippen molar-refractivity contribution in [2.75, 3.05) is 39.2 Å². The molecule has 0 bridgehead atoms. The zero-order valence-corrected chi connectivity index (χ0v) is 70.1. The second kappa shape index (κ2) is 38.0. The van der Waals surface area contributed by atoms with E-state index >= 15 is 0 Å². The molecule has 0 atom stereocenters. The molecule has 13 rings (SSSR count). The van der Waals surface area contributed by atoms with Gasteiger partial charge >= 0.3 is 11.9 Å². The maximum absolute atomic E-state index is 13.2. The molecule has 118 heavy (non-hydrogen) atoms. The molecule has 25 nitrogen and oxygen atoms in total. The van der Waals surface area contributed by atoms with Crippen molar-refractivity contribution in [3.63, 3.8) is 0 Å². The number of amides is 4. The summed E-state index contributed by atoms with van der Waals surface area (Å²) in [5.74, 6) is -3.14. The number of fused-ring (bicyclic) bond motifs is 4. The first-order valence-electron chi connectivity index (χ1n) is 37.2. The van der Waals surface area contributed by atoms with Crippen LogP contribution in [0.15, 0.2) is 196 Å². The van der Waals surface area contributed by atoms with Gasteiger partial charge in [0.1, 0.15) is 39.9 Å². The monoisotopic (exact) mass is 1720 g/mol. The number of H-pyrrole nitrogens is 3. The summed E-state index contributed by atoms with van der Waals surface area (Å²) >= 11 is 18.7. The lowest BCUT2D eigenvalue weighted by Gasteiger charge is -2.11. The minimum Gasteiger partial charge on any atom is -0.494 e. The van der Waals surface area contributed by atoms with Crippen molar-refractivity contribution in [2.24, 2.45) is 0 Å². The molecule has 4 heterocycles. The lowest BCUT2D eigenvalue weighted by atomic mass is 10.1. The van der Waals surface area contributed by atoms with E-state index in [1.165, 1.54) is 43.5 Å². The van der Waals surface area contributed by atoms with Crippen LogP contribution in [0.2, 0.25) is 15.1 Å². The van der Waals surface area contributed by atoms with Gasteiger partial charge in [-0.3, -0.25) is 19.2 Å². The van der Waals surface area contributed by atoms with E-state index in [0.29, 0.717) is 130 Å². The van der Waals surface area contributed by atoms with Gasteiger partial charge in [-0.15, -0.1) is 0 Å². The number of carbonyl (C=O) groups excluding carboxylic acids is 5. The van der Waals surface area contributed by atoms with Crippen molar-refractivity contribution < 1.29 is 82.5 Å². The first kappa shape index (κ1) is 86.9. The van der Waals surface area contributed by atoms with E-state index in [-0.39, 0.29) is 50.3 Å². The van der Waals surface area contributed by atoms with Gasteiger partial charge in [0.25, 0.3) is 43.7 Å². The number of esters is 1. The Labute approximate surface area is 696 Å². The van der Waals surface area contributed by atoms with Gasteiger partial charge in [-0.05, 0) is 234 Å². The van der Waals surface area contributed by atoms with Crippen LogP contribution in [0.3, 0.4) is 0 Å².